The Labute approximate surface area is 278 Å². The highest BCUT2D eigenvalue weighted by Gasteiger charge is 2.63. The summed E-state index contributed by atoms with van der Waals surface area (Å²) in [7, 11) is -2.67. The summed E-state index contributed by atoms with van der Waals surface area (Å²) in [5.41, 5.74) is 1.14. The molecule has 0 unspecified atom stereocenters. The molecule has 2 aromatic carbocycles. The van der Waals surface area contributed by atoms with E-state index in [1.807, 2.05) is 0 Å². The van der Waals surface area contributed by atoms with Gasteiger partial charge in [0.1, 0.15) is 0 Å². The second-order valence-electron chi connectivity index (χ2n) is 11.1. The number of likely N-dealkylation sites (tertiary alicyclic amines) is 1. The molecule has 2 aromatic rings. The molecule has 3 atom stereocenters. The molecule has 0 aromatic heterocycles. The van der Waals surface area contributed by atoms with E-state index in [1.165, 1.54) is 55.5 Å². The molecular formula is C31H40ClN4O10P. The quantitative estimate of drug-likeness (QED) is 0.160. The van der Waals surface area contributed by atoms with E-state index in [4.69, 9.17) is 0 Å². The smallest absolute Gasteiger partial charge is 0.356 e. The Hall–Kier alpha value is -3.81. The van der Waals surface area contributed by atoms with Crippen LogP contribution in [0.15, 0.2) is 48.5 Å². The van der Waals surface area contributed by atoms with Crippen molar-refractivity contribution < 1.29 is 47.8 Å². The Morgan fingerprint density at radius 1 is 0.872 bits per heavy atom. The van der Waals surface area contributed by atoms with Crippen LogP contribution in [-0.4, -0.2) is 90.8 Å². The third kappa shape index (κ3) is 8.20. The fourth-order valence-electron chi connectivity index (χ4n) is 6.16. The van der Waals surface area contributed by atoms with Gasteiger partial charge in [-0.3, -0.25) is 28.5 Å². The summed E-state index contributed by atoms with van der Waals surface area (Å²) < 4.78 is 22.9. The Balaban J connectivity index is 0.00000600. The Kier molecular flexibility index (Phi) is 13.1. The summed E-state index contributed by atoms with van der Waals surface area (Å²) in [4.78, 5) is 85.6. The highest BCUT2D eigenvalue weighted by Crippen LogP contribution is 2.68. The molecule has 0 radical (unpaired) electrons. The van der Waals surface area contributed by atoms with Gasteiger partial charge in [0.25, 0.3) is 11.8 Å². The molecule has 0 saturated carbocycles. The zero-order valence-corrected chi connectivity index (χ0v) is 27.8. The maximum absolute atomic E-state index is 13.9. The topological polar surface area (TPSA) is 201 Å². The average molecular weight is 695 g/mol. The van der Waals surface area contributed by atoms with Crippen molar-refractivity contribution in [2.45, 2.75) is 49.3 Å². The van der Waals surface area contributed by atoms with Gasteiger partial charge in [0.15, 0.2) is 5.28 Å². The van der Waals surface area contributed by atoms with Crippen molar-refractivity contribution in [2.24, 2.45) is 0 Å². The first kappa shape index (κ1) is 37.6. The molecule has 3 amide bonds. The maximum Gasteiger partial charge on any atom is 0.356 e. The van der Waals surface area contributed by atoms with Crippen LogP contribution in [0, 0.1) is 0 Å². The number of methoxy groups -OCH3 is 2. The molecule has 0 aliphatic carbocycles. The minimum atomic E-state index is -5.17. The number of rotatable bonds is 12. The number of hydrogen-bond donors (Lipinski definition) is 5. The van der Waals surface area contributed by atoms with Gasteiger partial charge in [0.05, 0.1) is 33.1 Å². The summed E-state index contributed by atoms with van der Waals surface area (Å²) in [5, 5.41) is 6.26. The van der Waals surface area contributed by atoms with Crippen LogP contribution in [0.4, 0.5) is 0 Å². The number of ether oxygens (including phenoxy) is 2. The normalized spacial score (nSPS) is 20.6. The maximum atomic E-state index is 13.9. The molecule has 4 rings (SSSR count). The number of amides is 3. The monoisotopic (exact) mass is 694 g/mol. The molecule has 2 fully saturated rings. The van der Waals surface area contributed by atoms with Gasteiger partial charge in [-0.1, -0.05) is 24.3 Å². The van der Waals surface area contributed by atoms with E-state index in [9.17, 15) is 38.3 Å². The van der Waals surface area contributed by atoms with Crippen LogP contribution in [-0.2, 0) is 33.7 Å². The highest BCUT2D eigenvalue weighted by molar-refractivity contribution is 7.53. The molecule has 16 heteroatoms. The lowest BCUT2D eigenvalue weighted by Crippen LogP contribution is -2.52. The first-order valence-electron chi connectivity index (χ1n) is 14.9. The summed E-state index contributed by atoms with van der Waals surface area (Å²) in [5.74, 6) is -3.17. The zero-order chi connectivity index (χ0) is 33.5. The van der Waals surface area contributed by atoms with Gasteiger partial charge in [-0.2, -0.15) is 0 Å². The minimum Gasteiger partial charge on any atom is -0.469 e. The molecule has 0 bridgehead atoms. The second-order valence-corrected chi connectivity index (χ2v) is 12.9. The number of benzene rings is 2. The number of carbonyl (C=O) groups is 5. The summed E-state index contributed by atoms with van der Waals surface area (Å²) in [6.07, 6.45) is 1.48. The van der Waals surface area contributed by atoms with E-state index in [-0.39, 0.29) is 68.0 Å². The lowest BCUT2D eigenvalue weighted by molar-refractivity contribution is -0.141. The van der Waals surface area contributed by atoms with Crippen LogP contribution >= 0.6 is 20.0 Å². The van der Waals surface area contributed by atoms with E-state index in [2.05, 4.69) is 25.4 Å². The number of nitrogens with zero attached hydrogens (tertiary/aromatic N) is 1. The molecule has 5 N–H and O–H groups in total. The van der Waals surface area contributed by atoms with E-state index < -0.39 is 54.5 Å². The van der Waals surface area contributed by atoms with Gasteiger partial charge in [0, 0.05) is 36.7 Å². The number of carbonyl (C=O) groups excluding carboxylic acids is 5. The van der Waals surface area contributed by atoms with Crippen LogP contribution < -0.4 is 16.0 Å². The number of halogens is 1. The predicted molar refractivity (Wildman–Crippen MR) is 172 cm³/mol. The second kappa shape index (κ2) is 16.3. The zero-order valence-electron chi connectivity index (χ0n) is 26.1. The summed E-state index contributed by atoms with van der Waals surface area (Å²) in [6, 6.07) is 11.4. The number of nitrogens with one attached hydrogen (secondary N) is 3. The van der Waals surface area contributed by atoms with Gasteiger partial charge < -0.3 is 40.1 Å². The number of esters is 2. The van der Waals surface area contributed by atoms with E-state index in [1.54, 1.807) is 12.1 Å². The van der Waals surface area contributed by atoms with Crippen molar-refractivity contribution >= 4 is 49.7 Å². The van der Waals surface area contributed by atoms with Gasteiger partial charge >= 0.3 is 19.5 Å². The summed E-state index contributed by atoms with van der Waals surface area (Å²) >= 11 is 0. The Bertz CT molecular complexity index is 1490. The molecule has 14 nitrogen and oxygen atoms in total. The van der Waals surface area contributed by atoms with Crippen molar-refractivity contribution in [1.82, 2.24) is 20.9 Å². The Morgan fingerprint density at radius 3 is 1.83 bits per heavy atom. The van der Waals surface area contributed by atoms with Crippen molar-refractivity contribution in [1.29, 1.82) is 0 Å². The molecule has 2 aliphatic heterocycles. The molecular weight excluding hydrogens is 655 g/mol. The average Bonchev–Trinajstić information content (AvgIpc) is 3.74. The van der Waals surface area contributed by atoms with E-state index in [0.29, 0.717) is 18.5 Å². The third-order valence-corrected chi connectivity index (χ3v) is 10.1. The van der Waals surface area contributed by atoms with E-state index in [0.717, 1.165) is 6.42 Å². The molecule has 47 heavy (non-hydrogen) atoms. The summed E-state index contributed by atoms with van der Waals surface area (Å²) in [6.45, 7) is 0.790. The first-order valence-corrected chi connectivity index (χ1v) is 16.6. The fourth-order valence-corrected chi connectivity index (χ4v) is 7.84. The van der Waals surface area contributed by atoms with Crippen molar-refractivity contribution in [3.63, 3.8) is 0 Å². The molecule has 0 spiro atoms. The van der Waals surface area contributed by atoms with Gasteiger partial charge in [-0.25, -0.2) is 0 Å². The SMILES string of the molecule is COC(=O)CCNC(=O)c1ccc([C@@H]2CCN(C(=O)[C@@H]3CCCN3)[C@@]2(c2ccc(C(=O)NCCC(=O)OC)cc2)P(=O)(O)O)cc1.Cl. The van der Waals surface area contributed by atoms with Crippen molar-refractivity contribution in [3.8, 4) is 0 Å². The van der Waals surface area contributed by atoms with Crippen LogP contribution in [0.2, 0.25) is 0 Å². The highest BCUT2D eigenvalue weighted by atomic mass is 35.5. The van der Waals surface area contributed by atoms with Gasteiger partial charge in [-0.15, -0.1) is 12.4 Å². The van der Waals surface area contributed by atoms with Gasteiger partial charge in [0.2, 0.25) is 5.91 Å². The van der Waals surface area contributed by atoms with E-state index >= 15 is 0 Å². The van der Waals surface area contributed by atoms with Crippen molar-refractivity contribution in [2.75, 3.05) is 40.4 Å². The van der Waals surface area contributed by atoms with Crippen molar-refractivity contribution in [3.05, 3.63) is 70.8 Å². The first-order chi connectivity index (χ1) is 21.9. The molecule has 2 saturated heterocycles. The van der Waals surface area contributed by atoms with Crippen LogP contribution in [0.25, 0.3) is 0 Å². The van der Waals surface area contributed by atoms with Gasteiger partial charge in [-0.05, 0) is 61.2 Å². The van der Waals surface area contributed by atoms with Crippen LogP contribution in [0.5, 0.6) is 0 Å². The largest absolute Gasteiger partial charge is 0.469 e. The lowest BCUT2D eigenvalue weighted by Gasteiger charge is -2.44. The minimum absolute atomic E-state index is 0. The fraction of sp³-hybridized carbons (Fsp3) is 0.452. The standard InChI is InChI=1S/C31H39N4O10P.ClH/c1-44-26(36)13-17-33-28(38)21-7-5-20(6-8-21)24-15-19-35(30(40)25-4-3-16-32-25)31(24,46(41,42)43)23-11-9-22(10-12-23)29(39)34-18-14-27(37)45-2;/h5-12,24-25,32H,3-4,13-19H2,1-2H3,(H,33,38)(H,34,39)(H2,41,42,43);1H/t24-,25-,31-;/m0./s1. The van der Waals surface area contributed by atoms with Crippen LogP contribution in [0.1, 0.15) is 69.9 Å². The molecule has 2 aliphatic rings. The number of hydrogen-bond acceptors (Lipinski definition) is 9. The molecule has 2 heterocycles. The predicted octanol–water partition coefficient (Wildman–Crippen LogP) is 1.79. The third-order valence-electron chi connectivity index (χ3n) is 8.44. The lowest BCUT2D eigenvalue weighted by atomic mass is 9.85. The Morgan fingerprint density at radius 2 is 1.38 bits per heavy atom. The van der Waals surface area contributed by atoms with Crippen LogP contribution in [0.3, 0.4) is 0 Å². The molecule has 256 valence electrons.